The van der Waals surface area contributed by atoms with E-state index in [2.05, 4.69) is 10.4 Å². The minimum Gasteiger partial charge on any atom is -0.264 e. The number of carbonyl (C=O) groups is 1. The van der Waals surface area contributed by atoms with E-state index >= 15 is 0 Å². The van der Waals surface area contributed by atoms with Crippen LogP contribution < -0.4 is 10.1 Å². The lowest BCUT2D eigenvalue weighted by Gasteiger charge is -2.00. The molecule has 1 N–H and O–H groups in total. The van der Waals surface area contributed by atoms with Crippen molar-refractivity contribution in [2.24, 2.45) is 0 Å². The van der Waals surface area contributed by atoms with Crippen molar-refractivity contribution in [2.75, 3.05) is 5.43 Å². The van der Waals surface area contributed by atoms with Crippen LogP contribution in [0.4, 0.5) is 0 Å². The molecular formula is C19H16N3O+. The van der Waals surface area contributed by atoms with Crippen LogP contribution in [0.5, 0.6) is 0 Å². The largest absolute Gasteiger partial charge is 0.305 e. The summed E-state index contributed by atoms with van der Waals surface area (Å²) >= 11 is 0. The van der Waals surface area contributed by atoms with Crippen LogP contribution in [0.3, 0.4) is 0 Å². The number of nitrogens with one attached hydrogen (secondary N) is 1. The predicted molar refractivity (Wildman–Crippen MR) is 89.9 cm³/mol. The molecular weight excluding hydrogens is 286 g/mol. The molecule has 0 aliphatic rings. The van der Waals surface area contributed by atoms with E-state index in [-0.39, 0.29) is 5.91 Å². The zero-order chi connectivity index (χ0) is 15.9. The molecule has 4 nitrogen and oxygen atoms in total. The second-order valence-corrected chi connectivity index (χ2v) is 4.96. The molecule has 3 aromatic rings. The summed E-state index contributed by atoms with van der Waals surface area (Å²) in [6.07, 6.45) is 10.6. The Labute approximate surface area is 134 Å². The summed E-state index contributed by atoms with van der Waals surface area (Å²) in [5.41, 5.74) is 5.54. The average molecular weight is 302 g/mol. The Morgan fingerprint density at radius 2 is 1.48 bits per heavy atom. The average Bonchev–Trinajstić information content (AvgIpc) is 2.62. The molecule has 0 bridgehead atoms. The first kappa shape index (κ1) is 14.7. The van der Waals surface area contributed by atoms with Gasteiger partial charge in [-0.25, -0.2) is 0 Å². The fourth-order valence-electron chi connectivity index (χ4n) is 2.08. The van der Waals surface area contributed by atoms with Gasteiger partial charge in [0.2, 0.25) is 12.4 Å². The summed E-state index contributed by atoms with van der Waals surface area (Å²) in [5, 5.41) is 0. The van der Waals surface area contributed by atoms with Gasteiger partial charge in [0.25, 0.3) is 0 Å². The lowest BCUT2D eigenvalue weighted by atomic mass is 10.1. The first-order chi connectivity index (χ1) is 11.3. The van der Waals surface area contributed by atoms with Crippen molar-refractivity contribution >= 4 is 18.1 Å². The van der Waals surface area contributed by atoms with Crippen molar-refractivity contribution < 1.29 is 9.47 Å². The Morgan fingerprint density at radius 1 is 0.870 bits per heavy atom. The van der Waals surface area contributed by atoms with Crippen molar-refractivity contribution in [2.45, 2.75) is 0 Å². The van der Waals surface area contributed by atoms with Gasteiger partial charge in [0, 0.05) is 5.56 Å². The zero-order valence-electron chi connectivity index (χ0n) is 12.5. The Balaban J connectivity index is 1.67. The van der Waals surface area contributed by atoms with E-state index in [0.717, 1.165) is 11.1 Å². The summed E-state index contributed by atoms with van der Waals surface area (Å²) in [5.74, 6) is -0.167. The standard InChI is InChI=1S/C19H15N3O/c23-19(21-22-14-12-20-13-15-22)18-10-8-17(9-11-18)7-6-16-4-2-1-3-5-16/h1-15H/p+1/b7-6+. The molecule has 23 heavy (non-hydrogen) atoms. The molecule has 3 rings (SSSR count). The first-order valence-electron chi connectivity index (χ1n) is 7.27. The van der Waals surface area contributed by atoms with E-state index < -0.39 is 0 Å². The van der Waals surface area contributed by atoms with Crippen molar-refractivity contribution in [3.63, 3.8) is 0 Å². The van der Waals surface area contributed by atoms with E-state index in [4.69, 9.17) is 0 Å². The molecule has 0 fully saturated rings. The van der Waals surface area contributed by atoms with Gasteiger partial charge in [-0.05, 0) is 23.3 Å². The van der Waals surface area contributed by atoms with E-state index in [1.807, 2.05) is 66.7 Å². The number of aromatic nitrogens is 2. The fourth-order valence-corrected chi connectivity index (χ4v) is 2.08. The maximum Gasteiger partial charge on any atom is 0.305 e. The molecule has 0 unspecified atom stereocenters. The van der Waals surface area contributed by atoms with Crippen LogP contribution in [0.2, 0.25) is 0 Å². The normalized spacial score (nSPS) is 10.6. The maximum atomic E-state index is 12.1. The SMILES string of the molecule is O=C(N[n+]1ccncc1)c1ccc(/C=C/c2ccccc2)cc1. The summed E-state index contributed by atoms with van der Waals surface area (Å²) < 4.78 is 1.57. The topological polar surface area (TPSA) is 45.9 Å². The maximum absolute atomic E-state index is 12.1. The van der Waals surface area contributed by atoms with Crippen LogP contribution in [-0.2, 0) is 0 Å². The molecule has 1 heterocycles. The van der Waals surface area contributed by atoms with Gasteiger partial charge in [0.05, 0.1) is 12.4 Å². The zero-order valence-corrected chi connectivity index (χ0v) is 12.5. The highest BCUT2D eigenvalue weighted by molar-refractivity contribution is 5.98. The Morgan fingerprint density at radius 3 is 2.13 bits per heavy atom. The molecule has 2 aromatic carbocycles. The van der Waals surface area contributed by atoms with Gasteiger partial charge < -0.3 is 0 Å². The smallest absolute Gasteiger partial charge is 0.264 e. The van der Waals surface area contributed by atoms with Crippen LogP contribution in [-0.4, -0.2) is 10.9 Å². The lowest BCUT2D eigenvalue weighted by Crippen LogP contribution is -2.47. The molecule has 0 radical (unpaired) electrons. The monoisotopic (exact) mass is 302 g/mol. The molecule has 1 aromatic heterocycles. The molecule has 4 heteroatoms. The van der Waals surface area contributed by atoms with E-state index in [9.17, 15) is 4.79 Å². The van der Waals surface area contributed by atoms with Crippen molar-refractivity contribution in [1.29, 1.82) is 0 Å². The quantitative estimate of drug-likeness (QED) is 0.595. The minimum absolute atomic E-state index is 0.167. The number of nitrogens with zero attached hydrogens (tertiary/aromatic N) is 2. The summed E-state index contributed by atoms with van der Waals surface area (Å²) in [6.45, 7) is 0. The molecule has 0 aliphatic carbocycles. The molecule has 0 aliphatic heterocycles. The summed E-state index contributed by atoms with van der Waals surface area (Å²) in [6, 6.07) is 17.6. The third kappa shape index (κ3) is 4.11. The molecule has 0 atom stereocenters. The van der Waals surface area contributed by atoms with Gasteiger partial charge in [-0.2, -0.15) is 0 Å². The number of benzene rings is 2. The minimum atomic E-state index is -0.167. The van der Waals surface area contributed by atoms with Gasteiger partial charge in [-0.3, -0.25) is 9.78 Å². The highest BCUT2D eigenvalue weighted by Crippen LogP contribution is 2.09. The van der Waals surface area contributed by atoms with Gasteiger partial charge in [0.1, 0.15) is 0 Å². The molecule has 0 spiro atoms. The summed E-state index contributed by atoms with van der Waals surface area (Å²) in [4.78, 5) is 16.0. The lowest BCUT2D eigenvalue weighted by molar-refractivity contribution is -0.641. The third-order valence-corrected chi connectivity index (χ3v) is 3.30. The first-order valence-corrected chi connectivity index (χ1v) is 7.27. The Bertz CT molecular complexity index is 797. The van der Waals surface area contributed by atoms with Gasteiger partial charge in [0.15, 0.2) is 0 Å². The number of rotatable bonds is 4. The van der Waals surface area contributed by atoms with Crippen LogP contribution in [0.15, 0.2) is 79.4 Å². The second kappa shape index (κ2) is 7.13. The predicted octanol–water partition coefficient (Wildman–Crippen LogP) is 2.92. The fraction of sp³-hybridized carbons (Fsp3) is 0. The number of hydrogen-bond acceptors (Lipinski definition) is 2. The third-order valence-electron chi connectivity index (χ3n) is 3.30. The van der Waals surface area contributed by atoms with Crippen LogP contribution in [0, 0.1) is 0 Å². The van der Waals surface area contributed by atoms with Crippen molar-refractivity contribution in [1.82, 2.24) is 4.98 Å². The van der Waals surface area contributed by atoms with Gasteiger partial charge >= 0.3 is 5.91 Å². The molecule has 0 saturated carbocycles. The molecule has 112 valence electrons. The molecule has 1 amide bonds. The molecule has 0 saturated heterocycles. The van der Waals surface area contributed by atoms with Gasteiger partial charge in [-0.1, -0.05) is 59.3 Å². The van der Waals surface area contributed by atoms with Crippen LogP contribution in [0.25, 0.3) is 12.2 Å². The Kier molecular flexibility index (Phi) is 4.55. The van der Waals surface area contributed by atoms with E-state index in [1.165, 1.54) is 0 Å². The number of carbonyl (C=O) groups excluding carboxylic acids is 1. The van der Waals surface area contributed by atoms with Crippen molar-refractivity contribution in [3.05, 3.63) is 96.1 Å². The van der Waals surface area contributed by atoms with E-state index in [0.29, 0.717) is 5.56 Å². The highest BCUT2D eigenvalue weighted by atomic mass is 16.2. The van der Waals surface area contributed by atoms with Crippen molar-refractivity contribution in [3.8, 4) is 0 Å². The van der Waals surface area contributed by atoms with Crippen LogP contribution >= 0.6 is 0 Å². The Hall–Kier alpha value is -3.27. The van der Waals surface area contributed by atoms with E-state index in [1.54, 1.807) is 29.5 Å². The summed E-state index contributed by atoms with van der Waals surface area (Å²) in [7, 11) is 0. The second-order valence-electron chi connectivity index (χ2n) is 4.96. The highest BCUT2D eigenvalue weighted by Gasteiger charge is 2.09. The number of hydrogen-bond donors (Lipinski definition) is 1. The number of amides is 1. The van der Waals surface area contributed by atoms with Crippen LogP contribution in [0.1, 0.15) is 21.5 Å². The van der Waals surface area contributed by atoms with Gasteiger partial charge in [-0.15, -0.1) is 5.43 Å².